The van der Waals surface area contributed by atoms with Crippen molar-refractivity contribution in [2.45, 2.75) is 26.9 Å². The molecule has 2 heterocycles. The van der Waals surface area contributed by atoms with E-state index in [1.165, 1.54) is 19.2 Å². The molecular formula is C25H23ClN4O4. The summed E-state index contributed by atoms with van der Waals surface area (Å²) in [7, 11) is 1.60. The van der Waals surface area contributed by atoms with Gasteiger partial charge in [0.1, 0.15) is 17.4 Å². The monoisotopic (exact) mass is 478 g/mol. The number of anilines is 1. The third-order valence-electron chi connectivity index (χ3n) is 5.11. The van der Waals surface area contributed by atoms with Crippen molar-refractivity contribution in [3.63, 3.8) is 0 Å². The molecule has 0 saturated heterocycles. The smallest absolute Gasteiger partial charge is 0.349 e. The second-order valence-corrected chi connectivity index (χ2v) is 7.77. The van der Waals surface area contributed by atoms with Crippen molar-refractivity contribution in [2.75, 3.05) is 12.4 Å². The molecule has 9 heteroatoms. The number of methoxy groups -OCH3 is 1. The number of hydrogen-bond acceptors (Lipinski definition) is 6. The summed E-state index contributed by atoms with van der Waals surface area (Å²) in [5, 5.41) is 12.2. The Morgan fingerprint density at radius 3 is 2.56 bits per heavy atom. The maximum absolute atomic E-state index is 12.6. The fourth-order valence-electron chi connectivity index (χ4n) is 3.35. The summed E-state index contributed by atoms with van der Waals surface area (Å²) in [6.45, 7) is 5.22. The second-order valence-electron chi connectivity index (χ2n) is 7.41. The Morgan fingerprint density at radius 1 is 1.24 bits per heavy atom. The number of nitrogens with zero attached hydrogens (tertiary/aromatic N) is 3. The molecule has 8 nitrogen and oxygen atoms in total. The van der Waals surface area contributed by atoms with E-state index in [-0.39, 0.29) is 10.7 Å². The zero-order chi connectivity index (χ0) is 24.8. The van der Waals surface area contributed by atoms with Crippen molar-refractivity contribution in [2.24, 2.45) is 0 Å². The highest BCUT2D eigenvalue weighted by molar-refractivity contribution is 6.32. The fraction of sp³-hybridized carbons (Fsp3) is 0.200. The largest absolute Gasteiger partial charge is 0.497 e. The van der Waals surface area contributed by atoms with E-state index in [9.17, 15) is 14.9 Å². The number of hydrogen-bond donors (Lipinski definition) is 1. The average molecular weight is 479 g/mol. The van der Waals surface area contributed by atoms with Crippen molar-refractivity contribution in [1.82, 2.24) is 9.55 Å². The predicted octanol–water partition coefficient (Wildman–Crippen LogP) is 4.63. The molecule has 1 aromatic carbocycles. The summed E-state index contributed by atoms with van der Waals surface area (Å²) in [6.07, 6.45) is 1.77. The number of aromatic nitrogens is 2. The lowest BCUT2D eigenvalue weighted by Crippen LogP contribution is -2.30. The van der Waals surface area contributed by atoms with Crippen molar-refractivity contribution in [3.05, 3.63) is 76.3 Å². The lowest BCUT2D eigenvalue weighted by molar-refractivity contribution is -0.148. The molecule has 0 aliphatic carbocycles. The minimum atomic E-state index is -1.16. The number of benzene rings is 1. The molecule has 174 valence electrons. The number of halogens is 1. The molecular weight excluding hydrogens is 456 g/mol. The van der Waals surface area contributed by atoms with Gasteiger partial charge in [-0.3, -0.25) is 4.79 Å². The van der Waals surface area contributed by atoms with Gasteiger partial charge in [-0.05, 0) is 74.9 Å². The van der Waals surface area contributed by atoms with Gasteiger partial charge >= 0.3 is 5.97 Å². The third kappa shape index (κ3) is 5.45. The van der Waals surface area contributed by atoms with Crippen LogP contribution in [0.15, 0.2) is 54.2 Å². The summed E-state index contributed by atoms with van der Waals surface area (Å²) >= 11 is 5.94. The van der Waals surface area contributed by atoms with Gasteiger partial charge in [-0.25, -0.2) is 9.78 Å². The standard InChI is InChI=1S/C25H23ClN4O4/c1-15-12-18(16(2)30(15)20-7-9-21(33-4)10-8-20)13-19(14-27)25(32)34-17(3)24(31)29-22-6-5-11-28-23(22)26/h5-13,17H,1-4H3,(H,29,31)/b19-13+. The summed E-state index contributed by atoms with van der Waals surface area (Å²) in [4.78, 5) is 28.9. The van der Waals surface area contributed by atoms with Crippen molar-refractivity contribution >= 4 is 35.2 Å². The molecule has 1 atom stereocenters. The topological polar surface area (TPSA) is 106 Å². The lowest BCUT2D eigenvalue weighted by Gasteiger charge is -2.13. The first-order chi connectivity index (χ1) is 16.2. The second kappa shape index (κ2) is 10.7. The molecule has 0 bridgehead atoms. The fourth-order valence-corrected chi connectivity index (χ4v) is 3.51. The average Bonchev–Trinajstić information content (AvgIpc) is 3.11. The number of aryl methyl sites for hydroxylation is 1. The van der Waals surface area contributed by atoms with E-state index in [1.54, 1.807) is 19.2 Å². The Kier molecular flexibility index (Phi) is 7.71. The van der Waals surface area contributed by atoms with Crippen molar-refractivity contribution in [1.29, 1.82) is 5.26 Å². The Balaban J connectivity index is 1.78. The Labute approximate surface area is 202 Å². The number of esters is 1. The molecule has 3 rings (SSSR count). The highest BCUT2D eigenvalue weighted by Gasteiger charge is 2.22. The number of nitrogens with one attached hydrogen (secondary N) is 1. The molecule has 3 aromatic rings. The molecule has 2 aromatic heterocycles. The van der Waals surface area contributed by atoms with Crippen LogP contribution >= 0.6 is 11.6 Å². The van der Waals surface area contributed by atoms with E-state index in [1.807, 2.05) is 54.8 Å². The molecule has 1 N–H and O–H groups in total. The van der Waals surface area contributed by atoms with Crippen LogP contribution in [0, 0.1) is 25.2 Å². The Bertz CT molecular complexity index is 1290. The minimum absolute atomic E-state index is 0.110. The molecule has 0 saturated carbocycles. The van der Waals surface area contributed by atoms with Gasteiger partial charge in [-0.15, -0.1) is 0 Å². The van der Waals surface area contributed by atoms with Crippen LogP contribution < -0.4 is 10.1 Å². The molecule has 0 fully saturated rings. The highest BCUT2D eigenvalue weighted by atomic mass is 35.5. The SMILES string of the molecule is COc1ccc(-n2c(C)cc(/C=C(\C#N)C(=O)OC(C)C(=O)Nc3cccnc3Cl)c2C)cc1. The van der Waals surface area contributed by atoms with E-state index >= 15 is 0 Å². The number of carbonyl (C=O) groups is 2. The van der Waals surface area contributed by atoms with Gasteiger partial charge in [-0.2, -0.15) is 5.26 Å². The first-order valence-corrected chi connectivity index (χ1v) is 10.7. The van der Waals surface area contributed by atoms with Crippen LogP contribution in [0.1, 0.15) is 23.9 Å². The van der Waals surface area contributed by atoms with Crippen LogP contribution in [-0.2, 0) is 14.3 Å². The van der Waals surface area contributed by atoms with E-state index in [2.05, 4.69) is 10.3 Å². The highest BCUT2D eigenvalue weighted by Crippen LogP contribution is 2.25. The maximum atomic E-state index is 12.6. The van der Waals surface area contributed by atoms with Crippen LogP contribution in [0.25, 0.3) is 11.8 Å². The van der Waals surface area contributed by atoms with E-state index < -0.39 is 18.0 Å². The van der Waals surface area contributed by atoms with Crippen LogP contribution in [0.2, 0.25) is 5.15 Å². The summed E-state index contributed by atoms with van der Waals surface area (Å²) in [6, 6.07) is 14.4. The maximum Gasteiger partial charge on any atom is 0.349 e. The van der Waals surface area contributed by atoms with Gasteiger partial charge in [0.15, 0.2) is 11.3 Å². The lowest BCUT2D eigenvalue weighted by atomic mass is 10.1. The summed E-state index contributed by atoms with van der Waals surface area (Å²) in [5.74, 6) is -0.764. The first kappa shape index (κ1) is 24.6. The molecule has 0 aliphatic rings. The van der Waals surface area contributed by atoms with Crippen LogP contribution in [0.3, 0.4) is 0 Å². The van der Waals surface area contributed by atoms with Gasteiger partial charge < -0.3 is 19.4 Å². The van der Waals surface area contributed by atoms with Gasteiger partial charge in [0, 0.05) is 23.3 Å². The van der Waals surface area contributed by atoms with Crippen LogP contribution in [-0.4, -0.2) is 34.6 Å². The summed E-state index contributed by atoms with van der Waals surface area (Å²) in [5.41, 5.74) is 3.41. The quantitative estimate of drug-likeness (QED) is 0.230. The molecule has 1 unspecified atom stereocenters. The number of nitriles is 1. The predicted molar refractivity (Wildman–Crippen MR) is 129 cm³/mol. The zero-order valence-corrected chi connectivity index (χ0v) is 19.9. The number of amides is 1. The Hall–Kier alpha value is -4.09. The van der Waals surface area contributed by atoms with Gasteiger partial charge in [0.2, 0.25) is 0 Å². The number of ether oxygens (including phenoxy) is 2. The van der Waals surface area contributed by atoms with Crippen LogP contribution in [0.4, 0.5) is 5.69 Å². The summed E-state index contributed by atoms with van der Waals surface area (Å²) < 4.78 is 12.4. The van der Waals surface area contributed by atoms with E-state index in [0.29, 0.717) is 11.3 Å². The van der Waals surface area contributed by atoms with Crippen molar-refractivity contribution in [3.8, 4) is 17.5 Å². The first-order valence-electron chi connectivity index (χ1n) is 10.3. The van der Waals surface area contributed by atoms with E-state index in [4.69, 9.17) is 21.1 Å². The normalized spacial score (nSPS) is 11.9. The Morgan fingerprint density at radius 2 is 1.94 bits per heavy atom. The molecule has 34 heavy (non-hydrogen) atoms. The molecule has 0 spiro atoms. The molecule has 1 amide bonds. The molecule has 0 radical (unpaired) electrons. The number of rotatable bonds is 7. The molecule has 0 aliphatic heterocycles. The van der Waals surface area contributed by atoms with Crippen molar-refractivity contribution < 1.29 is 19.1 Å². The third-order valence-corrected chi connectivity index (χ3v) is 5.41. The zero-order valence-electron chi connectivity index (χ0n) is 19.1. The van der Waals surface area contributed by atoms with Crippen LogP contribution in [0.5, 0.6) is 5.75 Å². The minimum Gasteiger partial charge on any atom is -0.497 e. The van der Waals surface area contributed by atoms with Gasteiger partial charge in [0.05, 0.1) is 12.8 Å². The van der Waals surface area contributed by atoms with Gasteiger partial charge in [-0.1, -0.05) is 11.6 Å². The van der Waals surface area contributed by atoms with Gasteiger partial charge in [0.25, 0.3) is 5.91 Å². The van der Waals surface area contributed by atoms with E-state index in [0.717, 1.165) is 22.8 Å². The number of pyridine rings is 1. The number of carbonyl (C=O) groups excluding carboxylic acids is 2.